The van der Waals surface area contributed by atoms with Crippen molar-refractivity contribution in [3.8, 4) is 5.75 Å². The van der Waals surface area contributed by atoms with E-state index < -0.39 is 0 Å². The standard InChI is InChI=1S/C23H23NO2S/c1-3-26-22-14-11-18(23(25)24-20-12-9-17(2)10-13-20)15-19(22)16-27-21-7-5-4-6-8-21/h4-15H,3,16H2,1-2H3,(H,24,25). The quantitative estimate of drug-likeness (QED) is 0.518. The number of carbonyl (C=O) groups is 1. The molecular formula is C23H23NO2S. The molecule has 0 aromatic heterocycles. The van der Waals surface area contributed by atoms with Crippen LogP contribution in [-0.2, 0) is 5.75 Å². The largest absolute Gasteiger partial charge is 0.494 e. The van der Waals surface area contributed by atoms with Crippen LogP contribution in [0.1, 0.15) is 28.4 Å². The summed E-state index contributed by atoms with van der Waals surface area (Å²) in [4.78, 5) is 13.8. The van der Waals surface area contributed by atoms with Crippen LogP contribution in [0, 0.1) is 6.92 Å². The maximum Gasteiger partial charge on any atom is 0.255 e. The lowest BCUT2D eigenvalue weighted by Crippen LogP contribution is -2.12. The van der Waals surface area contributed by atoms with Crippen LogP contribution >= 0.6 is 11.8 Å². The van der Waals surface area contributed by atoms with Crippen LogP contribution in [0.4, 0.5) is 5.69 Å². The third-order valence-electron chi connectivity index (χ3n) is 4.07. The molecule has 0 bridgehead atoms. The van der Waals surface area contributed by atoms with Gasteiger partial charge in [0.2, 0.25) is 0 Å². The molecular weight excluding hydrogens is 354 g/mol. The van der Waals surface area contributed by atoms with Gasteiger partial charge in [0.15, 0.2) is 0 Å². The van der Waals surface area contributed by atoms with Crippen molar-refractivity contribution in [3.63, 3.8) is 0 Å². The van der Waals surface area contributed by atoms with Gasteiger partial charge in [0.25, 0.3) is 5.91 Å². The molecule has 0 aliphatic carbocycles. The molecule has 3 aromatic carbocycles. The average Bonchev–Trinajstić information content (AvgIpc) is 2.70. The van der Waals surface area contributed by atoms with E-state index in [0.717, 1.165) is 28.3 Å². The number of hydrogen-bond donors (Lipinski definition) is 1. The Morgan fingerprint density at radius 2 is 1.74 bits per heavy atom. The van der Waals surface area contributed by atoms with E-state index in [0.29, 0.717) is 12.2 Å². The Bertz CT molecular complexity index is 892. The van der Waals surface area contributed by atoms with E-state index in [2.05, 4.69) is 17.4 Å². The summed E-state index contributed by atoms with van der Waals surface area (Å²) in [6, 6.07) is 23.6. The van der Waals surface area contributed by atoms with Gasteiger partial charge in [-0.3, -0.25) is 4.79 Å². The zero-order valence-corrected chi connectivity index (χ0v) is 16.4. The van der Waals surface area contributed by atoms with Gasteiger partial charge in [0.1, 0.15) is 5.75 Å². The van der Waals surface area contributed by atoms with E-state index in [-0.39, 0.29) is 5.91 Å². The first-order valence-electron chi connectivity index (χ1n) is 8.97. The lowest BCUT2D eigenvalue weighted by atomic mass is 10.1. The third kappa shape index (κ3) is 5.38. The fourth-order valence-electron chi connectivity index (χ4n) is 2.65. The van der Waals surface area contributed by atoms with E-state index in [9.17, 15) is 4.79 Å². The smallest absolute Gasteiger partial charge is 0.255 e. The minimum atomic E-state index is -0.118. The number of hydrogen-bond acceptors (Lipinski definition) is 3. The first kappa shape index (κ1) is 19.1. The molecule has 4 heteroatoms. The molecule has 27 heavy (non-hydrogen) atoms. The zero-order valence-electron chi connectivity index (χ0n) is 15.6. The highest BCUT2D eigenvalue weighted by atomic mass is 32.2. The lowest BCUT2D eigenvalue weighted by Gasteiger charge is -2.12. The summed E-state index contributed by atoms with van der Waals surface area (Å²) >= 11 is 1.73. The topological polar surface area (TPSA) is 38.3 Å². The number of carbonyl (C=O) groups excluding carboxylic acids is 1. The Morgan fingerprint density at radius 1 is 1.00 bits per heavy atom. The van der Waals surface area contributed by atoms with E-state index >= 15 is 0 Å². The van der Waals surface area contributed by atoms with Crippen LogP contribution in [0.3, 0.4) is 0 Å². The van der Waals surface area contributed by atoms with E-state index in [1.54, 1.807) is 11.8 Å². The van der Waals surface area contributed by atoms with E-state index in [1.807, 2.05) is 74.5 Å². The van der Waals surface area contributed by atoms with E-state index in [4.69, 9.17) is 4.74 Å². The molecule has 3 nitrogen and oxygen atoms in total. The first-order chi connectivity index (χ1) is 13.2. The second-order valence-corrected chi connectivity index (χ2v) is 7.23. The van der Waals surface area contributed by atoms with Gasteiger partial charge in [-0.05, 0) is 56.3 Å². The summed E-state index contributed by atoms with van der Waals surface area (Å²) in [5.41, 5.74) is 3.60. The fourth-order valence-corrected chi connectivity index (χ4v) is 3.55. The Labute approximate surface area is 164 Å². The fraction of sp³-hybridized carbons (Fsp3) is 0.174. The molecule has 0 atom stereocenters. The number of amides is 1. The summed E-state index contributed by atoms with van der Waals surface area (Å²) in [6.45, 7) is 4.58. The molecule has 3 rings (SSSR count). The number of aryl methyl sites for hydroxylation is 1. The van der Waals surface area contributed by atoms with Crippen LogP contribution in [0.25, 0.3) is 0 Å². The van der Waals surface area contributed by atoms with Crippen molar-refractivity contribution in [1.82, 2.24) is 0 Å². The monoisotopic (exact) mass is 377 g/mol. The van der Waals surface area contributed by atoms with Crippen molar-refractivity contribution in [1.29, 1.82) is 0 Å². The number of thioether (sulfide) groups is 1. The molecule has 1 N–H and O–H groups in total. The predicted octanol–water partition coefficient (Wildman–Crippen LogP) is 5.94. The van der Waals surface area contributed by atoms with Gasteiger partial charge < -0.3 is 10.1 Å². The van der Waals surface area contributed by atoms with Crippen molar-refractivity contribution < 1.29 is 9.53 Å². The van der Waals surface area contributed by atoms with Gasteiger partial charge in [-0.25, -0.2) is 0 Å². The average molecular weight is 378 g/mol. The van der Waals surface area contributed by atoms with Gasteiger partial charge in [0.05, 0.1) is 6.61 Å². The maximum atomic E-state index is 12.6. The molecule has 0 unspecified atom stereocenters. The Balaban J connectivity index is 1.77. The molecule has 0 saturated heterocycles. The molecule has 3 aromatic rings. The van der Waals surface area contributed by atoms with Crippen LogP contribution in [0.2, 0.25) is 0 Å². The third-order valence-corrected chi connectivity index (χ3v) is 5.13. The van der Waals surface area contributed by atoms with Crippen LogP contribution < -0.4 is 10.1 Å². The highest BCUT2D eigenvalue weighted by molar-refractivity contribution is 7.98. The second-order valence-electron chi connectivity index (χ2n) is 6.18. The van der Waals surface area contributed by atoms with Gasteiger partial charge in [-0.15, -0.1) is 11.8 Å². The van der Waals surface area contributed by atoms with Gasteiger partial charge in [-0.2, -0.15) is 0 Å². The van der Waals surface area contributed by atoms with Gasteiger partial charge >= 0.3 is 0 Å². The number of rotatable bonds is 7. The molecule has 0 saturated carbocycles. The summed E-state index contributed by atoms with van der Waals surface area (Å²) in [5, 5.41) is 2.95. The van der Waals surface area contributed by atoms with Crippen LogP contribution in [-0.4, -0.2) is 12.5 Å². The normalized spacial score (nSPS) is 10.4. The maximum absolute atomic E-state index is 12.6. The number of anilines is 1. The van der Waals surface area contributed by atoms with Gasteiger partial charge in [0, 0.05) is 27.5 Å². The molecule has 138 valence electrons. The van der Waals surface area contributed by atoms with Crippen molar-refractivity contribution >= 4 is 23.4 Å². The number of ether oxygens (including phenoxy) is 1. The lowest BCUT2D eigenvalue weighted by molar-refractivity contribution is 0.102. The Kier molecular flexibility index (Phi) is 6.55. The SMILES string of the molecule is CCOc1ccc(C(=O)Nc2ccc(C)cc2)cc1CSc1ccccc1. The van der Waals surface area contributed by atoms with Crippen molar-refractivity contribution in [2.24, 2.45) is 0 Å². The summed E-state index contributed by atoms with van der Waals surface area (Å²) in [7, 11) is 0. The summed E-state index contributed by atoms with van der Waals surface area (Å²) < 4.78 is 5.75. The van der Waals surface area contributed by atoms with Crippen molar-refractivity contribution in [2.75, 3.05) is 11.9 Å². The number of benzene rings is 3. The van der Waals surface area contributed by atoms with Crippen molar-refractivity contribution in [2.45, 2.75) is 24.5 Å². The Morgan fingerprint density at radius 3 is 2.44 bits per heavy atom. The minimum absolute atomic E-state index is 0.118. The highest BCUT2D eigenvalue weighted by Crippen LogP contribution is 2.29. The second kappa shape index (κ2) is 9.28. The van der Waals surface area contributed by atoms with Gasteiger partial charge in [-0.1, -0.05) is 35.9 Å². The minimum Gasteiger partial charge on any atom is -0.494 e. The molecule has 0 heterocycles. The number of nitrogens with one attached hydrogen (secondary N) is 1. The summed E-state index contributed by atoms with van der Waals surface area (Å²) in [6.07, 6.45) is 0. The van der Waals surface area contributed by atoms with Crippen LogP contribution in [0.5, 0.6) is 5.75 Å². The zero-order chi connectivity index (χ0) is 19.1. The Hall–Kier alpha value is -2.72. The molecule has 0 aliphatic heterocycles. The first-order valence-corrected chi connectivity index (χ1v) is 9.96. The molecule has 0 radical (unpaired) electrons. The molecule has 0 fully saturated rings. The molecule has 0 aliphatic rings. The molecule has 1 amide bonds. The van der Waals surface area contributed by atoms with Crippen molar-refractivity contribution in [3.05, 3.63) is 89.5 Å². The summed E-state index contributed by atoms with van der Waals surface area (Å²) in [5.74, 6) is 1.45. The predicted molar refractivity (Wildman–Crippen MR) is 113 cm³/mol. The van der Waals surface area contributed by atoms with E-state index in [1.165, 1.54) is 4.90 Å². The van der Waals surface area contributed by atoms with Crippen LogP contribution in [0.15, 0.2) is 77.7 Å². The highest BCUT2D eigenvalue weighted by Gasteiger charge is 2.11. The molecule has 0 spiro atoms.